The molecule has 4 heteroatoms. The lowest BCUT2D eigenvalue weighted by Gasteiger charge is -2.43. The monoisotopic (exact) mass is 237 g/mol. The third kappa shape index (κ3) is 2.36. The SMILES string of the molecule is Cc1ccc(C(=O)N2CC(O)CCC2(C)C)o1. The molecule has 0 aromatic carbocycles. The Bertz CT molecular complexity index is 422. The average molecular weight is 237 g/mol. The molecule has 94 valence electrons. The van der Waals surface area contributed by atoms with Gasteiger partial charge in [0.25, 0.3) is 5.91 Å². The van der Waals surface area contributed by atoms with Crippen molar-refractivity contribution >= 4 is 5.91 Å². The second kappa shape index (κ2) is 4.18. The maximum Gasteiger partial charge on any atom is 0.290 e. The van der Waals surface area contributed by atoms with Gasteiger partial charge >= 0.3 is 0 Å². The first-order valence-electron chi connectivity index (χ1n) is 5.96. The molecule has 17 heavy (non-hydrogen) atoms. The van der Waals surface area contributed by atoms with E-state index in [0.717, 1.165) is 18.6 Å². The molecule has 1 unspecified atom stereocenters. The van der Waals surface area contributed by atoms with Crippen LogP contribution in [0.3, 0.4) is 0 Å². The maximum absolute atomic E-state index is 12.3. The molecule has 0 radical (unpaired) electrons. The molecule has 1 amide bonds. The summed E-state index contributed by atoms with van der Waals surface area (Å²) in [6.45, 7) is 6.23. The van der Waals surface area contributed by atoms with Crippen LogP contribution in [0.2, 0.25) is 0 Å². The van der Waals surface area contributed by atoms with Crippen LogP contribution in [0.4, 0.5) is 0 Å². The molecule has 2 heterocycles. The van der Waals surface area contributed by atoms with E-state index in [9.17, 15) is 9.90 Å². The zero-order valence-electron chi connectivity index (χ0n) is 10.6. The molecule has 2 rings (SSSR count). The van der Waals surface area contributed by atoms with Crippen LogP contribution in [0.25, 0.3) is 0 Å². The van der Waals surface area contributed by atoms with Crippen LogP contribution >= 0.6 is 0 Å². The van der Waals surface area contributed by atoms with Gasteiger partial charge in [-0.3, -0.25) is 4.79 Å². The number of rotatable bonds is 1. The third-order valence-electron chi connectivity index (χ3n) is 3.41. The van der Waals surface area contributed by atoms with Crippen LogP contribution in [-0.4, -0.2) is 34.1 Å². The maximum atomic E-state index is 12.3. The fraction of sp³-hybridized carbons (Fsp3) is 0.615. The molecule has 0 bridgehead atoms. The van der Waals surface area contributed by atoms with E-state index in [2.05, 4.69) is 0 Å². The van der Waals surface area contributed by atoms with Gasteiger partial charge in [0.1, 0.15) is 5.76 Å². The van der Waals surface area contributed by atoms with E-state index in [1.807, 2.05) is 20.8 Å². The lowest BCUT2D eigenvalue weighted by Crippen LogP contribution is -2.54. The average Bonchev–Trinajstić information content (AvgIpc) is 2.68. The van der Waals surface area contributed by atoms with Crippen LogP contribution in [0.5, 0.6) is 0 Å². The molecule has 1 atom stereocenters. The predicted octanol–water partition coefficient (Wildman–Crippen LogP) is 1.96. The molecule has 1 N–H and O–H groups in total. The Morgan fingerprint density at radius 1 is 1.53 bits per heavy atom. The molecule has 0 spiro atoms. The fourth-order valence-corrected chi connectivity index (χ4v) is 2.24. The first kappa shape index (κ1) is 12.2. The highest BCUT2D eigenvalue weighted by Crippen LogP contribution is 2.29. The number of β-amino-alcohol motifs (C(OH)–C–C–N with tert-alkyl or cyclic N) is 1. The number of likely N-dealkylation sites (tertiary alicyclic amines) is 1. The zero-order chi connectivity index (χ0) is 12.6. The Labute approximate surface area is 101 Å². The molecule has 1 aliphatic rings. The highest BCUT2D eigenvalue weighted by atomic mass is 16.4. The normalized spacial score (nSPS) is 23.8. The van der Waals surface area contributed by atoms with Crippen LogP contribution < -0.4 is 0 Å². The number of furan rings is 1. The summed E-state index contributed by atoms with van der Waals surface area (Å²) in [5, 5.41) is 9.69. The standard InChI is InChI=1S/C13H19NO3/c1-9-4-5-11(17-9)12(16)14-8-10(15)6-7-13(14,2)3/h4-5,10,15H,6-8H2,1-3H3. The lowest BCUT2D eigenvalue weighted by atomic mass is 9.89. The summed E-state index contributed by atoms with van der Waals surface area (Å²) in [7, 11) is 0. The van der Waals surface area contributed by atoms with Crippen LogP contribution in [0.1, 0.15) is 43.0 Å². The molecule has 0 saturated carbocycles. The Hall–Kier alpha value is -1.29. The number of piperidine rings is 1. The summed E-state index contributed by atoms with van der Waals surface area (Å²) >= 11 is 0. The number of hydrogen-bond acceptors (Lipinski definition) is 3. The van der Waals surface area contributed by atoms with E-state index in [1.165, 1.54) is 0 Å². The van der Waals surface area contributed by atoms with E-state index in [4.69, 9.17) is 4.42 Å². The van der Waals surface area contributed by atoms with Crippen molar-refractivity contribution in [2.75, 3.05) is 6.54 Å². The molecule has 1 aromatic rings. The highest BCUT2D eigenvalue weighted by molar-refractivity contribution is 5.92. The van der Waals surface area contributed by atoms with Gasteiger partial charge in [-0.15, -0.1) is 0 Å². The van der Waals surface area contributed by atoms with Gasteiger partial charge in [0, 0.05) is 12.1 Å². The van der Waals surface area contributed by atoms with Crippen molar-refractivity contribution in [1.29, 1.82) is 0 Å². The van der Waals surface area contributed by atoms with Gasteiger partial charge < -0.3 is 14.4 Å². The highest BCUT2D eigenvalue weighted by Gasteiger charge is 2.37. The van der Waals surface area contributed by atoms with Gasteiger partial charge in [-0.2, -0.15) is 0 Å². The number of carbonyl (C=O) groups is 1. The summed E-state index contributed by atoms with van der Waals surface area (Å²) in [5.41, 5.74) is -0.225. The second-order valence-electron chi connectivity index (χ2n) is 5.33. The summed E-state index contributed by atoms with van der Waals surface area (Å²) in [6, 6.07) is 3.47. The molecule has 1 aromatic heterocycles. The van der Waals surface area contributed by atoms with E-state index in [1.54, 1.807) is 17.0 Å². The van der Waals surface area contributed by atoms with Crippen molar-refractivity contribution in [1.82, 2.24) is 4.90 Å². The Morgan fingerprint density at radius 3 is 2.82 bits per heavy atom. The van der Waals surface area contributed by atoms with Crippen molar-refractivity contribution in [3.8, 4) is 0 Å². The fourth-order valence-electron chi connectivity index (χ4n) is 2.24. The van der Waals surface area contributed by atoms with Crippen LogP contribution in [0, 0.1) is 6.92 Å². The predicted molar refractivity (Wildman–Crippen MR) is 63.8 cm³/mol. The van der Waals surface area contributed by atoms with Crippen molar-refractivity contribution in [3.05, 3.63) is 23.7 Å². The first-order chi connectivity index (χ1) is 7.90. The van der Waals surface area contributed by atoms with Crippen LogP contribution in [0.15, 0.2) is 16.5 Å². The summed E-state index contributed by atoms with van der Waals surface area (Å²) < 4.78 is 5.35. The minimum absolute atomic E-state index is 0.137. The summed E-state index contributed by atoms with van der Waals surface area (Å²) in [5.74, 6) is 0.940. The number of aliphatic hydroxyl groups is 1. The Morgan fingerprint density at radius 2 is 2.24 bits per heavy atom. The van der Waals surface area contributed by atoms with E-state index in [0.29, 0.717) is 12.3 Å². The van der Waals surface area contributed by atoms with Gasteiger partial charge in [0.15, 0.2) is 5.76 Å². The number of amides is 1. The lowest BCUT2D eigenvalue weighted by molar-refractivity contribution is -0.000455. The second-order valence-corrected chi connectivity index (χ2v) is 5.33. The summed E-state index contributed by atoms with van der Waals surface area (Å²) in [6.07, 6.45) is 1.12. The molecule has 1 fully saturated rings. The van der Waals surface area contributed by atoms with Gasteiger partial charge in [0.05, 0.1) is 6.10 Å². The Kier molecular flexibility index (Phi) is 3.00. The number of aryl methyl sites for hydroxylation is 1. The number of carbonyl (C=O) groups excluding carboxylic acids is 1. The van der Waals surface area contributed by atoms with Crippen molar-refractivity contribution in [2.45, 2.75) is 45.3 Å². The third-order valence-corrected chi connectivity index (χ3v) is 3.41. The van der Waals surface area contributed by atoms with E-state index < -0.39 is 6.10 Å². The summed E-state index contributed by atoms with van der Waals surface area (Å²) in [4.78, 5) is 14.0. The molecular weight excluding hydrogens is 218 g/mol. The number of hydrogen-bond donors (Lipinski definition) is 1. The Balaban J connectivity index is 2.22. The van der Waals surface area contributed by atoms with Gasteiger partial charge in [-0.25, -0.2) is 0 Å². The number of aliphatic hydroxyl groups excluding tert-OH is 1. The minimum Gasteiger partial charge on any atom is -0.456 e. The topological polar surface area (TPSA) is 53.7 Å². The van der Waals surface area contributed by atoms with Crippen molar-refractivity contribution in [3.63, 3.8) is 0 Å². The zero-order valence-corrected chi connectivity index (χ0v) is 10.6. The van der Waals surface area contributed by atoms with E-state index in [-0.39, 0.29) is 11.4 Å². The first-order valence-corrected chi connectivity index (χ1v) is 5.96. The van der Waals surface area contributed by atoms with Crippen molar-refractivity contribution in [2.24, 2.45) is 0 Å². The molecule has 1 aliphatic heterocycles. The smallest absolute Gasteiger partial charge is 0.290 e. The minimum atomic E-state index is -0.428. The van der Waals surface area contributed by atoms with Gasteiger partial charge in [-0.1, -0.05) is 0 Å². The number of nitrogens with zero attached hydrogens (tertiary/aromatic N) is 1. The van der Waals surface area contributed by atoms with E-state index >= 15 is 0 Å². The van der Waals surface area contributed by atoms with Crippen LogP contribution in [-0.2, 0) is 0 Å². The van der Waals surface area contributed by atoms with Gasteiger partial charge in [0.2, 0.25) is 0 Å². The van der Waals surface area contributed by atoms with Crippen molar-refractivity contribution < 1.29 is 14.3 Å². The molecule has 4 nitrogen and oxygen atoms in total. The molecule has 0 aliphatic carbocycles. The molecular formula is C13H19NO3. The molecule has 1 saturated heterocycles. The quantitative estimate of drug-likeness (QED) is 0.812. The van der Waals surface area contributed by atoms with Gasteiger partial charge in [-0.05, 0) is 45.7 Å². The largest absolute Gasteiger partial charge is 0.456 e.